The van der Waals surface area contributed by atoms with E-state index < -0.39 is 0 Å². The van der Waals surface area contributed by atoms with Crippen LogP contribution in [0.5, 0.6) is 0 Å². The van der Waals surface area contributed by atoms with Crippen molar-refractivity contribution in [3.63, 3.8) is 0 Å². The molecule has 1 heterocycles. The Bertz CT molecular complexity index is 1060. The number of nitrogens with zero attached hydrogens (tertiary/aromatic N) is 2. The first-order valence-corrected chi connectivity index (χ1v) is 11.6. The summed E-state index contributed by atoms with van der Waals surface area (Å²) in [6.07, 6.45) is 2.40. The van der Waals surface area contributed by atoms with E-state index in [1.54, 1.807) is 36.9 Å². The van der Waals surface area contributed by atoms with E-state index in [1.165, 1.54) is 5.56 Å². The molecule has 176 valence electrons. The molecule has 0 saturated carbocycles. The van der Waals surface area contributed by atoms with E-state index in [-0.39, 0.29) is 18.0 Å². The number of nitrogen functional groups attached to an aromatic ring is 1. The van der Waals surface area contributed by atoms with Crippen LogP contribution in [-0.2, 0) is 11.2 Å². The van der Waals surface area contributed by atoms with Crippen molar-refractivity contribution in [1.29, 1.82) is 0 Å². The second-order valence-electron chi connectivity index (χ2n) is 8.70. The molecule has 2 N–H and O–H groups in total. The number of aryl methyl sites for hydroxylation is 1. The van der Waals surface area contributed by atoms with Crippen molar-refractivity contribution in [2.24, 2.45) is 0 Å². The summed E-state index contributed by atoms with van der Waals surface area (Å²) in [5, 5.41) is 0. The summed E-state index contributed by atoms with van der Waals surface area (Å²) in [5.41, 5.74) is 13.1. The van der Waals surface area contributed by atoms with Crippen molar-refractivity contribution < 1.29 is 14.3 Å². The summed E-state index contributed by atoms with van der Waals surface area (Å²) in [5.74, 6) is -0.0753. The van der Waals surface area contributed by atoms with Crippen LogP contribution >= 0.6 is 0 Å². The van der Waals surface area contributed by atoms with E-state index in [0.29, 0.717) is 25.1 Å². The Morgan fingerprint density at radius 1 is 1.15 bits per heavy atom. The smallest absolute Gasteiger partial charge is 0.410 e. The Hall–Kier alpha value is -3.28. The van der Waals surface area contributed by atoms with Gasteiger partial charge in [0.2, 0.25) is 0 Å². The van der Waals surface area contributed by atoms with Crippen LogP contribution < -0.4 is 5.73 Å². The minimum absolute atomic E-state index is 0.0753. The van der Waals surface area contributed by atoms with Gasteiger partial charge >= 0.3 is 6.09 Å². The highest BCUT2D eigenvalue weighted by Gasteiger charge is 2.34. The molecule has 0 fully saturated rings. The van der Waals surface area contributed by atoms with Crippen molar-refractivity contribution in [3.8, 4) is 0 Å². The van der Waals surface area contributed by atoms with Crippen LogP contribution in [0.25, 0.3) is 5.57 Å². The highest BCUT2D eigenvalue weighted by atomic mass is 16.6. The van der Waals surface area contributed by atoms with Gasteiger partial charge in [0.1, 0.15) is 0 Å². The van der Waals surface area contributed by atoms with Crippen molar-refractivity contribution in [3.05, 3.63) is 70.3 Å². The fourth-order valence-corrected chi connectivity index (χ4v) is 4.55. The van der Waals surface area contributed by atoms with E-state index in [9.17, 15) is 9.59 Å². The standard InChI is InChI=1S/C27H35N3O3/c1-6-9-19-12-13-24(28)23(16-19)22-14-15-30(27(32)33-7-2)25(18(22)3)20-10-8-11-21(17-20)26(31)29(4)5/h8,10-13,16-17,25H,6-7,9,14-15,28H2,1-5H3. The van der Waals surface area contributed by atoms with Crippen LogP contribution in [0, 0.1) is 0 Å². The Morgan fingerprint density at radius 3 is 2.58 bits per heavy atom. The third kappa shape index (κ3) is 5.21. The quantitative estimate of drug-likeness (QED) is 0.607. The lowest BCUT2D eigenvalue weighted by Crippen LogP contribution is -2.39. The molecule has 0 aromatic heterocycles. The molecule has 0 radical (unpaired) electrons. The molecule has 1 atom stereocenters. The number of rotatable bonds is 6. The van der Waals surface area contributed by atoms with Crippen LogP contribution in [-0.4, -0.2) is 49.0 Å². The van der Waals surface area contributed by atoms with Gasteiger partial charge in [-0.2, -0.15) is 0 Å². The summed E-state index contributed by atoms with van der Waals surface area (Å²) in [7, 11) is 3.46. The second kappa shape index (κ2) is 10.6. The fraction of sp³-hybridized carbons (Fsp3) is 0.407. The maximum absolute atomic E-state index is 12.9. The minimum Gasteiger partial charge on any atom is -0.450 e. The number of carbonyl (C=O) groups is 2. The molecule has 2 amide bonds. The molecule has 33 heavy (non-hydrogen) atoms. The molecule has 0 bridgehead atoms. The van der Waals surface area contributed by atoms with E-state index in [0.717, 1.165) is 40.8 Å². The van der Waals surface area contributed by atoms with Crippen LogP contribution in [0.4, 0.5) is 10.5 Å². The SMILES string of the molecule is CCCc1ccc(N)c(C2=C(C)C(c3cccc(C(=O)N(C)C)c3)N(C(=O)OCC)CC2)c1. The van der Waals surface area contributed by atoms with Gasteiger partial charge in [-0.15, -0.1) is 0 Å². The topological polar surface area (TPSA) is 75.9 Å². The lowest BCUT2D eigenvalue weighted by Gasteiger charge is -2.38. The average molecular weight is 450 g/mol. The zero-order chi connectivity index (χ0) is 24.1. The molecule has 6 nitrogen and oxygen atoms in total. The predicted molar refractivity (Wildman–Crippen MR) is 133 cm³/mol. The molecular weight excluding hydrogens is 414 g/mol. The van der Waals surface area contributed by atoms with Crippen molar-refractivity contribution in [1.82, 2.24) is 9.80 Å². The predicted octanol–water partition coefficient (Wildman–Crippen LogP) is 5.30. The molecule has 0 spiro atoms. The number of ether oxygens (including phenoxy) is 1. The molecule has 0 aliphatic carbocycles. The molecule has 2 aromatic carbocycles. The number of nitrogens with two attached hydrogens (primary N) is 1. The number of amides is 2. The molecule has 3 rings (SSSR count). The Kier molecular flexibility index (Phi) is 7.79. The van der Waals surface area contributed by atoms with Crippen LogP contribution in [0.3, 0.4) is 0 Å². The summed E-state index contributed by atoms with van der Waals surface area (Å²) < 4.78 is 5.38. The van der Waals surface area contributed by atoms with Crippen LogP contribution in [0.15, 0.2) is 48.0 Å². The van der Waals surface area contributed by atoms with Gasteiger partial charge in [0.05, 0.1) is 12.6 Å². The lowest BCUT2D eigenvalue weighted by molar-refractivity contribution is 0.0827. The lowest BCUT2D eigenvalue weighted by atomic mass is 9.84. The molecular formula is C27H35N3O3. The summed E-state index contributed by atoms with van der Waals surface area (Å²) >= 11 is 0. The average Bonchev–Trinajstić information content (AvgIpc) is 2.80. The van der Waals surface area contributed by atoms with Crippen molar-refractivity contribution in [2.45, 2.75) is 46.1 Å². The van der Waals surface area contributed by atoms with Gasteiger partial charge in [-0.05, 0) is 73.2 Å². The van der Waals surface area contributed by atoms with E-state index in [1.807, 2.05) is 24.3 Å². The first-order valence-electron chi connectivity index (χ1n) is 11.6. The largest absolute Gasteiger partial charge is 0.450 e. The molecule has 6 heteroatoms. The third-order valence-corrected chi connectivity index (χ3v) is 6.14. The van der Waals surface area contributed by atoms with Crippen molar-refractivity contribution >= 4 is 23.3 Å². The first kappa shape index (κ1) is 24.4. The maximum Gasteiger partial charge on any atom is 0.410 e. The monoisotopic (exact) mass is 449 g/mol. The van der Waals surface area contributed by atoms with E-state index in [2.05, 4.69) is 26.0 Å². The minimum atomic E-state index is -0.349. The zero-order valence-electron chi connectivity index (χ0n) is 20.4. The number of hydrogen-bond donors (Lipinski definition) is 1. The number of anilines is 1. The second-order valence-corrected chi connectivity index (χ2v) is 8.70. The first-order chi connectivity index (χ1) is 15.8. The molecule has 0 saturated heterocycles. The van der Waals surface area contributed by atoms with Gasteiger partial charge in [0.25, 0.3) is 5.91 Å². The normalized spacial score (nSPS) is 16.0. The van der Waals surface area contributed by atoms with Gasteiger partial charge < -0.3 is 15.4 Å². The fourth-order valence-electron chi connectivity index (χ4n) is 4.55. The van der Waals surface area contributed by atoms with Gasteiger partial charge in [-0.1, -0.05) is 31.5 Å². The van der Waals surface area contributed by atoms with Gasteiger partial charge in [0, 0.05) is 37.5 Å². The van der Waals surface area contributed by atoms with Crippen molar-refractivity contribution in [2.75, 3.05) is 33.0 Å². The van der Waals surface area contributed by atoms with Gasteiger partial charge in [-0.3, -0.25) is 9.69 Å². The van der Waals surface area contributed by atoms with Crippen LogP contribution in [0.1, 0.15) is 66.7 Å². The van der Waals surface area contributed by atoms with Crippen LogP contribution in [0.2, 0.25) is 0 Å². The summed E-state index contributed by atoms with van der Waals surface area (Å²) in [4.78, 5) is 28.8. The Morgan fingerprint density at radius 2 is 1.91 bits per heavy atom. The molecule has 1 aliphatic heterocycles. The van der Waals surface area contributed by atoms with E-state index >= 15 is 0 Å². The zero-order valence-corrected chi connectivity index (χ0v) is 20.4. The summed E-state index contributed by atoms with van der Waals surface area (Å²) in [6, 6.07) is 13.4. The molecule has 1 unspecified atom stereocenters. The summed E-state index contributed by atoms with van der Waals surface area (Å²) in [6.45, 7) is 6.85. The Balaban J connectivity index is 2.14. The molecule has 2 aromatic rings. The highest BCUT2D eigenvalue weighted by molar-refractivity contribution is 5.94. The third-order valence-electron chi connectivity index (χ3n) is 6.14. The maximum atomic E-state index is 12.9. The number of hydrogen-bond acceptors (Lipinski definition) is 4. The Labute approximate surface area is 197 Å². The highest BCUT2D eigenvalue weighted by Crippen LogP contribution is 2.41. The van der Waals surface area contributed by atoms with Gasteiger partial charge in [0.15, 0.2) is 0 Å². The van der Waals surface area contributed by atoms with Gasteiger partial charge in [-0.25, -0.2) is 4.79 Å². The molecule has 1 aliphatic rings. The number of benzene rings is 2. The number of carbonyl (C=O) groups excluding carboxylic acids is 2. The van der Waals surface area contributed by atoms with E-state index in [4.69, 9.17) is 10.5 Å².